The van der Waals surface area contributed by atoms with E-state index in [1.165, 1.54) is 0 Å². The van der Waals surface area contributed by atoms with E-state index in [0.29, 0.717) is 198 Å². The van der Waals surface area contributed by atoms with Crippen LogP contribution in [0.25, 0.3) is 0 Å². The Balaban J connectivity index is 0.0000130. The fourth-order valence-electron chi connectivity index (χ4n) is 6.28. The summed E-state index contributed by atoms with van der Waals surface area (Å²) in [5, 5.41) is 0. The molecule has 15 nitrogen and oxygen atoms in total. The van der Waals surface area contributed by atoms with Gasteiger partial charge in [0.2, 0.25) is 0 Å². The quantitative estimate of drug-likeness (QED) is 0.0357. The van der Waals surface area contributed by atoms with Gasteiger partial charge >= 0.3 is 51.4 Å². The maximum atomic E-state index is 5.96. The first-order valence-corrected chi connectivity index (χ1v) is 24.2. The molecule has 0 aromatic heterocycles. The van der Waals surface area contributed by atoms with E-state index in [9.17, 15) is 0 Å². The molecule has 0 aliphatic heterocycles. The van der Waals surface area contributed by atoms with Crippen LogP contribution in [0.1, 0.15) is 33.4 Å². The predicted octanol–water partition coefficient (Wildman–Crippen LogP) is 6.39. The van der Waals surface area contributed by atoms with Gasteiger partial charge in [0.25, 0.3) is 0 Å². The van der Waals surface area contributed by atoms with Gasteiger partial charge in [-0.25, -0.2) is 0 Å². The molecule has 0 radical (unpaired) electrons. The monoisotopic (exact) mass is 1010 g/mol. The summed E-state index contributed by atoms with van der Waals surface area (Å²) < 4.78 is 85.5. The van der Waals surface area contributed by atoms with Crippen LogP contribution in [0.15, 0.2) is 109 Å². The Morgan fingerprint density at radius 2 is 0.314 bits per heavy atom. The molecule has 16 heteroatoms. The number of ether oxygens (including phenoxy) is 15. The molecular formula is C54H79KO15. The van der Waals surface area contributed by atoms with Crippen LogP contribution in [0.2, 0.25) is 0 Å². The van der Waals surface area contributed by atoms with Crippen LogP contribution >= 0.6 is 0 Å². The molecular weight excluding hydrogens is 928 g/mol. The van der Waals surface area contributed by atoms with E-state index in [-0.39, 0.29) is 51.4 Å². The molecule has 0 spiro atoms. The van der Waals surface area contributed by atoms with Crippen LogP contribution < -0.4 is 0 Å². The van der Waals surface area contributed by atoms with Crippen molar-refractivity contribution in [2.45, 2.75) is 39.6 Å². The molecule has 0 aliphatic rings. The Morgan fingerprint density at radius 1 is 0.171 bits per heavy atom. The van der Waals surface area contributed by atoms with Gasteiger partial charge in [0.1, 0.15) is 0 Å². The average molecular weight is 1010 g/mol. The Kier molecular flexibility index (Phi) is 41.5. The number of rotatable bonds is 48. The molecule has 0 heterocycles. The van der Waals surface area contributed by atoms with Crippen molar-refractivity contribution in [1.29, 1.82) is 0 Å². The van der Waals surface area contributed by atoms with Crippen LogP contribution in [0, 0.1) is 0 Å². The van der Waals surface area contributed by atoms with Gasteiger partial charge in [-0.05, 0) is 33.4 Å². The van der Waals surface area contributed by atoms with Crippen molar-refractivity contribution in [1.82, 2.24) is 0 Å². The minimum atomic E-state index is 0. The third-order valence-electron chi connectivity index (χ3n) is 9.72. The van der Waals surface area contributed by atoms with Crippen LogP contribution in [-0.2, 0) is 111 Å². The van der Waals surface area contributed by atoms with Crippen molar-refractivity contribution in [3.8, 4) is 0 Å². The average Bonchev–Trinajstić information content (AvgIpc) is 3.38. The fourth-order valence-corrected chi connectivity index (χ4v) is 6.28. The van der Waals surface area contributed by atoms with E-state index >= 15 is 0 Å². The molecule has 0 aliphatic carbocycles. The van der Waals surface area contributed by atoms with Gasteiger partial charge in [-0.15, -0.1) is 0 Å². The first-order valence-electron chi connectivity index (χ1n) is 24.2. The summed E-state index contributed by atoms with van der Waals surface area (Å²) in [6.45, 7) is 15.0. The summed E-state index contributed by atoms with van der Waals surface area (Å²) in [7, 11) is 0. The summed E-state index contributed by atoms with van der Waals surface area (Å²) in [4.78, 5) is 0. The van der Waals surface area contributed by atoms with Crippen molar-refractivity contribution in [3.63, 3.8) is 0 Å². The predicted molar refractivity (Wildman–Crippen MR) is 268 cm³/mol. The SMILES string of the molecule is [KH].c1ccc(COCCOCCOCCOCCOCc2cc(COCCOCCOCCOCCOCc3ccccc3)cc(COCCOCCOCCOCCOCc3ccccc3)c2)cc1. The molecule has 0 saturated carbocycles. The Bertz CT molecular complexity index is 1500. The molecule has 70 heavy (non-hydrogen) atoms. The van der Waals surface area contributed by atoms with Crippen molar-refractivity contribution in [2.75, 3.05) is 159 Å². The zero-order valence-corrected chi connectivity index (χ0v) is 40.7. The molecule has 0 bridgehead atoms. The number of hydrogen-bond acceptors (Lipinski definition) is 15. The van der Waals surface area contributed by atoms with Gasteiger partial charge in [0.05, 0.1) is 198 Å². The standard InChI is InChI=1S/C54H78O15.K.H/c1-4-10-49(11-5-1)43-64-34-28-58-22-16-55-19-25-61-31-37-67-46-52-40-53(47-68-38-32-62-26-20-56-17-23-59-29-35-65-44-50-12-6-2-7-13-50)42-54(41-52)48-69-39-33-63-27-21-57-18-24-60-30-36-66-45-51-14-8-3-9-15-51;;/h1-15,40-42H,16-39,43-48H2;;. The second-order valence-corrected chi connectivity index (χ2v) is 15.4. The second-order valence-electron chi connectivity index (χ2n) is 15.4. The molecule has 0 fully saturated rings. The third kappa shape index (κ3) is 35.9. The Labute approximate surface area is 459 Å². The van der Waals surface area contributed by atoms with E-state index in [1.807, 2.05) is 91.0 Å². The summed E-state index contributed by atoms with van der Waals surface area (Å²) in [5.41, 5.74) is 6.53. The molecule has 4 aromatic carbocycles. The largest absolute Gasteiger partial charge is 0.377 e. The topological polar surface area (TPSA) is 138 Å². The van der Waals surface area contributed by atoms with Crippen LogP contribution in [-0.4, -0.2) is 210 Å². The first kappa shape index (κ1) is 62.2. The summed E-state index contributed by atoms with van der Waals surface area (Å²) >= 11 is 0. The van der Waals surface area contributed by atoms with Crippen molar-refractivity contribution in [3.05, 3.63) is 143 Å². The number of hydrogen-bond donors (Lipinski definition) is 0. The van der Waals surface area contributed by atoms with Gasteiger partial charge in [0.15, 0.2) is 0 Å². The third-order valence-corrected chi connectivity index (χ3v) is 9.72. The Morgan fingerprint density at radius 3 is 0.486 bits per heavy atom. The van der Waals surface area contributed by atoms with E-state index in [0.717, 1.165) is 33.4 Å². The van der Waals surface area contributed by atoms with Crippen molar-refractivity contribution >= 4 is 51.4 Å². The molecule has 0 atom stereocenters. The van der Waals surface area contributed by atoms with Gasteiger partial charge in [-0.2, -0.15) is 0 Å². The van der Waals surface area contributed by atoms with E-state index in [1.54, 1.807) is 0 Å². The van der Waals surface area contributed by atoms with Gasteiger partial charge < -0.3 is 71.1 Å². The van der Waals surface area contributed by atoms with Crippen molar-refractivity contribution < 1.29 is 71.1 Å². The molecule has 0 amide bonds. The molecule has 386 valence electrons. The van der Waals surface area contributed by atoms with Crippen LogP contribution in [0.3, 0.4) is 0 Å². The second kappa shape index (κ2) is 46.7. The van der Waals surface area contributed by atoms with Gasteiger partial charge in [-0.1, -0.05) is 109 Å². The molecule has 0 saturated heterocycles. The zero-order valence-electron chi connectivity index (χ0n) is 40.7. The maximum Gasteiger partial charge on any atom is 0.0718 e. The van der Waals surface area contributed by atoms with E-state index in [2.05, 4.69) is 18.2 Å². The van der Waals surface area contributed by atoms with Crippen molar-refractivity contribution in [2.24, 2.45) is 0 Å². The molecule has 4 aromatic rings. The fraction of sp³-hybridized carbons (Fsp3) is 0.556. The summed E-state index contributed by atoms with van der Waals surface area (Å²) in [6, 6.07) is 36.5. The normalized spacial score (nSPS) is 11.3. The first-order chi connectivity index (χ1) is 34.3. The zero-order chi connectivity index (χ0) is 48.0. The minimum absolute atomic E-state index is 0. The maximum absolute atomic E-state index is 5.96. The van der Waals surface area contributed by atoms with Gasteiger partial charge in [0, 0.05) is 0 Å². The van der Waals surface area contributed by atoms with Crippen LogP contribution in [0.4, 0.5) is 0 Å². The van der Waals surface area contributed by atoms with Crippen LogP contribution in [0.5, 0.6) is 0 Å². The minimum Gasteiger partial charge on any atom is -0.377 e. The number of benzene rings is 4. The molecule has 0 N–H and O–H groups in total. The van der Waals surface area contributed by atoms with Gasteiger partial charge in [-0.3, -0.25) is 0 Å². The molecule has 4 rings (SSSR count). The van der Waals surface area contributed by atoms with E-state index < -0.39 is 0 Å². The van der Waals surface area contributed by atoms with E-state index in [4.69, 9.17) is 71.1 Å². The summed E-state index contributed by atoms with van der Waals surface area (Å²) in [5.74, 6) is 0. The smallest absolute Gasteiger partial charge is 0.0718 e. The summed E-state index contributed by atoms with van der Waals surface area (Å²) in [6.07, 6.45) is 0. The Hall–Kier alpha value is -2.08. The molecule has 0 unspecified atom stereocenters.